The van der Waals surface area contributed by atoms with Crippen LogP contribution in [0.5, 0.6) is 0 Å². The lowest BCUT2D eigenvalue weighted by Gasteiger charge is -2.50. The number of ketones is 1. The topological polar surface area (TPSA) is 178 Å². The lowest BCUT2D eigenvalue weighted by Crippen LogP contribution is -2.61. The number of aliphatic hydroxyl groups excluding tert-OH is 3. The van der Waals surface area contributed by atoms with Crippen molar-refractivity contribution in [3.05, 3.63) is 35.6 Å². The van der Waals surface area contributed by atoms with E-state index in [-0.39, 0.29) is 49.6 Å². The fourth-order valence-electron chi connectivity index (χ4n) is 9.96. The highest BCUT2D eigenvalue weighted by Gasteiger charge is 2.53. The Balaban J connectivity index is 1.90. The Hall–Kier alpha value is -2.15. The standard InChI is InChI=1S/C46H77FN2O12/c1-15-32-21-35(50)27(4)39(60-36-23-44(8,55-13)41(53)30(7)59-36)29(6)42(61-43-38(51)34(49(11)12)20-26(3)58-43)45(9,56-14)22-25(2)37(28(5)40(52)46(32,10)54)48-57-24-31-16-18-33(47)19-17-31/h16-19,25-30,32,34,36,38-43,51-54H,15,20-24H2,1-14H3/b48-37+/t25-,26-,27+,28+,29+,30+,32+,34+,36+,38-,39-,40-,41+,42-,43+,44-,45-,46-/m1/s1. The summed E-state index contributed by atoms with van der Waals surface area (Å²) in [5, 5.41) is 51.8. The van der Waals surface area contributed by atoms with Crippen LogP contribution in [0.3, 0.4) is 0 Å². The van der Waals surface area contributed by atoms with Gasteiger partial charge in [0.15, 0.2) is 12.6 Å². The van der Waals surface area contributed by atoms with Crippen LogP contribution in [0.2, 0.25) is 0 Å². The molecule has 0 radical (unpaired) electrons. The van der Waals surface area contributed by atoms with Crippen molar-refractivity contribution in [1.29, 1.82) is 0 Å². The van der Waals surface area contributed by atoms with Crippen molar-refractivity contribution < 1.29 is 62.9 Å². The van der Waals surface area contributed by atoms with Crippen molar-refractivity contribution in [1.82, 2.24) is 4.90 Å². The second kappa shape index (κ2) is 21.2. The summed E-state index contributed by atoms with van der Waals surface area (Å²) in [6.07, 6.45) is -6.86. The first-order chi connectivity index (χ1) is 28.4. The molecule has 1 aromatic carbocycles. The lowest BCUT2D eigenvalue weighted by molar-refractivity contribution is -0.318. The third-order valence-electron chi connectivity index (χ3n) is 14.2. The van der Waals surface area contributed by atoms with Gasteiger partial charge in [0.25, 0.3) is 0 Å². The van der Waals surface area contributed by atoms with Crippen molar-refractivity contribution in [2.24, 2.45) is 34.7 Å². The molecule has 1 saturated carbocycles. The predicted octanol–water partition coefficient (Wildman–Crippen LogP) is 5.25. The highest BCUT2D eigenvalue weighted by molar-refractivity contribution is 5.89. The van der Waals surface area contributed by atoms with Gasteiger partial charge in [-0.05, 0) is 85.2 Å². The number of carbonyl (C=O) groups is 1. The zero-order valence-electron chi connectivity index (χ0n) is 39.0. The minimum Gasteiger partial charge on any atom is -0.391 e. The second-order valence-electron chi connectivity index (χ2n) is 19.1. The van der Waals surface area contributed by atoms with E-state index in [4.69, 9.17) is 33.3 Å². The van der Waals surface area contributed by atoms with Crippen LogP contribution in [0, 0.1) is 35.4 Å². The fourth-order valence-corrected chi connectivity index (χ4v) is 9.96. The first kappa shape index (κ1) is 51.5. The molecule has 3 aliphatic rings. The number of likely N-dealkylation sites (N-methyl/N-ethyl adjacent to an activating group) is 1. The molecule has 0 bridgehead atoms. The predicted molar refractivity (Wildman–Crippen MR) is 228 cm³/mol. The van der Waals surface area contributed by atoms with Crippen LogP contribution in [0.25, 0.3) is 0 Å². The zero-order chi connectivity index (χ0) is 45.8. The summed E-state index contributed by atoms with van der Waals surface area (Å²) in [5.41, 5.74) is -2.85. The number of hydrogen-bond donors (Lipinski definition) is 4. The molecule has 350 valence electrons. The number of oxime groups is 1. The number of halogens is 1. The first-order valence-electron chi connectivity index (χ1n) is 22.1. The van der Waals surface area contributed by atoms with E-state index in [1.807, 2.05) is 53.6 Å². The van der Waals surface area contributed by atoms with Gasteiger partial charge >= 0.3 is 0 Å². The highest BCUT2D eigenvalue weighted by Crippen LogP contribution is 2.43. The van der Waals surface area contributed by atoms with Crippen LogP contribution in [0.4, 0.5) is 4.39 Å². The normalized spacial score (nSPS) is 44.2. The number of ether oxygens (including phenoxy) is 6. The molecule has 0 unspecified atom stereocenters. The van der Waals surface area contributed by atoms with Crippen LogP contribution in [-0.4, -0.2) is 143 Å². The van der Waals surface area contributed by atoms with Crippen molar-refractivity contribution >= 4 is 11.5 Å². The maximum atomic E-state index is 14.7. The van der Waals surface area contributed by atoms with Gasteiger partial charge in [0.05, 0.1) is 53.0 Å². The Morgan fingerprint density at radius 2 is 1.51 bits per heavy atom. The average Bonchev–Trinajstić information content (AvgIpc) is 3.21. The van der Waals surface area contributed by atoms with Gasteiger partial charge in [0.1, 0.15) is 30.4 Å². The number of methoxy groups -OCH3 is 2. The Morgan fingerprint density at radius 1 is 0.885 bits per heavy atom. The van der Waals surface area contributed by atoms with Gasteiger partial charge in [0.2, 0.25) is 0 Å². The number of hydrogen-bond acceptors (Lipinski definition) is 14. The van der Waals surface area contributed by atoms with Crippen LogP contribution >= 0.6 is 0 Å². The molecule has 2 saturated heterocycles. The van der Waals surface area contributed by atoms with Crippen LogP contribution in [0.15, 0.2) is 29.4 Å². The van der Waals surface area contributed by atoms with E-state index in [9.17, 15) is 29.6 Å². The molecule has 0 amide bonds. The van der Waals surface area contributed by atoms with Gasteiger partial charge in [-0.15, -0.1) is 0 Å². The van der Waals surface area contributed by atoms with Crippen molar-refractivity contribution in [2.75, 3.05) is 28.3 Å². The SMILES string of the molecule is CC[C@H]1CC(=O)[C@H](C)[C@@H](O[C@H]2C[C@@](C)(OC)[C@@H](O)[C@H](C)O2)[C@H](C)[C@@H](O[C@@H]2O[C@H](C)C[C@H](N(C)C)[C@H]2O)[C@](C)(OC)C[C@@H](C)/C(=N\OCc2ccc(F)cc2)[C@H](C)[C@@H](O)[C@]1(C)O. The summed E-state index contributed by atoms with van der Waals surface area (Å²) in [6, 6.07) is 5.59. The van der Waals surface area contributed by atoms with Gasteiger partial charge in [-0.2, -0.15) is 0 Å². The molecular formula is C46H77FN2O12. The van der Waals surface area contributed by atoms with Crippen LogP contribution in [0.1, 0.15) is 107 Å². The molecule has 0 spiro atoms. The van der Waals surface area contributed by atoms with E-state index in [0.717, 1.165) is 0 Å². The fraction of sp³-hybridized carbons (Fsp3) is 0.826. The van der Waals surface area contributed by atoms with E-state index < -0.39 is 95.6 Å². The molecule has 2 aliphatic heterocycles. The third-order valence-corrected chi connectivity index (χ3v) is 14.2. The van der Waals surface area contributed by atoms with Crippen molar-refractivity contribution in [2.45, 2.75) is 186 Å². The molecule has 14 nitrogen and oxygen atoms in total. The third kappa shape index (κ3) is 11.8. The molecular weight excluding hydrogens is 792 g/mol. The molecule has 0 aromatic heterocycles. The quantitative estimate of drug-likeness (QED) is 0.213. The Morgan fingerprint density at radius 3 is 2.08 bits per heavy atom. The van der Waals surface area contributed by atoms with E-state index in [2.05, 4.69) is 5.16 Å². The summed E-state index contributed by atoms with van der Waals surface area (Å²) in [6.45, 7) is 18.2. The molecule has 61 heavy (non-hydrogen) atoms. The zero-order valence-corrected chi connectivity index (χ0v) is 39.0. The minimum absolute atomic E-state index is 0.0200. The Labute approximate surface area is 363 Å². The number of rotatable bonds is 11. The Kier molecular flexibility index (Phi) is 17.9. The van der Waals surface area contributed by atoms with Crippen LogP contribution < -0.4 is 0 Å². The van der Waals surface area contributed by atoms with Gasteiger partial charge in [-0.1, -0.05) is 58.3 Å². The number of benzene rings is 1. The monoisotopic (exact) mass is 869 g/mol. The van der Waals surface area contributed by atoms with Gasteiger partial charge in [-0.25, -0.2) is 4.39 Å². The van der Waals surface area contributed by atoms with Crippen molar-refractivity contribution in [3.63, 3.8) is 0 Å². The molecule has 1 aromatic rings. The molecule has 4 rings (SSSR count). The smallest absolute Gasteiger partial charge is 0.185 e. The van der Waals surface area contributed by atoms with E-state index in [0.29, 0.717) is 24.1 Å². The summed E-state index contributed by atoms with van der Waals surface area (Å²) in [5.74, 6) is -3.95. The Bertz CT molecular complexity index is 1580. The molecule has 4 N–H and O–H groups in total. The average molecular weight is 869 g/mol. The van der Waals surface area contributed by atoms with Crippen molar-refractivity contribution in [3.8, 4) is 0 Å². The molecule has 3 fully saturated rings. The molecule has 2 heterocycles. The number of carbonyl (C=O) groups excluding carboxylic acids is 1. The largest absolute Gasteiger partial charge is 0.391 e. The summed E-state index contributed by atoms with van der Waals surface area (Å²) >= 11 is 0. The number of aliphatic hydroxyl groups is 4. The number of Topliss-reactive ketones (excluding diaryl/α,β-unsaturated/α-hetero) is 1. The summed E-state index contributed by atoms with van der Waals surface area (Å²) in [4.78, 5) is 22.6. The van der Waals surface area contributed by atoms with E-state index >= 15 is 0 Å². The van der Waals surface area contributed by atoms with Gasteiger partial charge in [-0.3, -0.25) is 4.79 Å². The molecule has 15 heteroatoms. The molecule has 1 aliphatic carbocycles. The lowest BCUT2D eigenvalue weighted by atomic mass is 9.69. The summed E-state index contributed by atoms with van der Waals surface area (Å²) < 4.78 is 52.5. The molecule has 18 atom stereocenters. The maximum Gasteiger partial charge on any atom is 0.185 e. The van der Waals surface area contributed by atoms with E-state index in [1.165, 1.54) is 19.2 Å². The van der Waals surface area contributed by atoms with Crippen LogP contribution in [-0.2, 0) is 44.7 Å². The minimum atomic E-state index is -1.74. The van der Waals surface area contributed by atoms with E-state index in [1.54, 1.807) is 53.9 Å². The van der Waals surface area contributed by atoms with Gasteiger partial charge in [0, 0.05) is 56.8 Å². The highest BCUT2D eigenvalue weighted by atomic mass is 19.1. The summed E-state index contributed by atoms with van der Waals surface area (Å²) in [7, 11) is 6.90. The first-order valence-corrected chi connectivity index (χ1v) is 22.1. The maximum absolute atomic E-state index is 14.7. The number of nitrogens with zero attached hydrogens (tertiary/aromatic N) is 2. The van der Waals surface area contributed by atoms with Gasteiger partial charge < -0.3 is 58.6 Å². The second-order valence-corrected chi connectivity index (χ2v) is 19.1.